The summed E-state index contributed by atoms with van der Waals surface area (Å²) in [5.74, 6) is -0.446. The second-order valence-corrected chi connectivity index (χ2v) is 5.82. The van der Waals surface area contributed by atoms with Crippen LogP contribution in [0, 0.1) is 5.82 Å². The van der Waals surface area contributed by atoms with Crippen molar-refractivity contribution in [3.8, 4) is 5.75 Å². The van der Waals surface area contributed by atoms with E-state index in [2.05, 4.69) is 5.32 Å². The number of amides is 1. The summed E-state index contributed by atoms with van der Waals surface area (Å²) in [6.07, 6.45) is 2.43. The Hall–Kier alpha value is -2.69. The fraction of sp³-hybridized carbons (Fsp3) is 0.263. The molecule has 2 aromatic rings. The lowest BCUT2D eigenvalue weighted by Crippen LogP contribution is -2.16. The standard InChI is InChI=1S/C19H18FNO3/c1-2-18(22)24-17-10-5-13(12-3-4-12)11-16(17)19(23)21-15-8-6-14(20)7-9-15/h5-12H,2-4H2,1H3,(H,21,23). The number of hydrogen-bond acceptors (Lipinski definition) is 3. The molecular formula is C19H18FNO3. The fourth-order valence-electron chi connectivity index (χ4n) is 2.41. The molecule has 0 spiro atoms. The first-order chi connectivity index (χ1) is 11.6. The normalized spacial score (nSPS) is 13.4. The van der Waals surface area contributed by atoms with Crippen molar-refractivity contribution in [1.82, 2.24) is 0 Å². The van der Waals surface area contributed by atoms with Gasteiger partial charge in [0, 0.05) is 12.1 Å². The van der Waals surface area contributed by atoms with Gasteiger partial charge in [0.15, 0.2) is 0 Å². The van der Waals surface area contributed by atoms with E-state index < -0.39 is 5.97 Å². The first-order valence-electron chi connectivity index (χ1n) is 7.98. The average Bonchev–Trinajstić information content (AvgIpc) is 3.42. The maximum Gasteiger partial charge on any atom is 0.310 e. The molecule has 0 bridgehead atoms. The van der Waals surface area contributed by atoms with Gasteiger partial charge in [0.1, 0.15) is 11.6 Å². The van der Waals surface area contributed by atoms with E-state index in [-0.39, 0.29) is 23.9 Å². The summed E-state index contributed by atoms with van der Waals surface area (Å²) in [5, 5.41) is 2.71. The summed E-state index contributed by atoms with van der Waals surface area (Å²) in [6, 6.07) is 10.8. The Morgan fingerprint density at radius 3 is 2.50 bits per heavy atom. The summed E-state index contributed by atoms with van der Waals surface area (Å²) in [4.78, 5) is 24.2. The van der Waals surface area contributed by atoms with Crippen molar-refractivity contribution in [2.45, 2.75) is 32.1 Å². The van der Waals surface area contributed by atoms with Crippen molar-refractivity contribution in [2.75, 3.05) is 5.32 Å². The molecule has 0 radical (unpaired) electrons. The highest BCUT2D eigenvalue weighted by Crippen LogP contribution is 2.41. The SMILES string of the molecule is CCC(=O)Oc1ccc(C2CC2)cc1C(=O)Nc1ccc(F)cc1. The van der Waals surface area contributed by atoms with Crippen molar-refractivity contribution in [3.05, 3.63) is 59.4 Å². The number of ether oxygens (including phenoxy) is 1. The van der Waals surface area contributed by atoms with Crippen LogP contribution in [0.5, 0.6) is 5.75 Å². The van der Waals surface area contributed by atoms with Crippen LogP contribution in [0.3, 0.4) is 0 Å². The molecule has 1 aliphatic rings. The molecule has 4 nitrogen and oxygen atoms in total. The van der Waals surface area contributed by atoms with Gasteiger partial charge in [-0.05, 0) is 60.7 Å². The number of hydrogen-bond donors (Lipinski definition) is 1. The Bertz CT molecular complexity index is 767. The Morgan fingerprint density at radius 1 is 1.17 bits per heavy atom. The minimum atomic E-state index is -0.398. The van der Waals surface area contributed by atoms with Crippen LogP contribution in [0.15, 0.2) is 42.5 Å². The third kappa shape index (κ3) is 3.79. The quantitative estimate of drug-likeness (QED) is 0.659. The lowest BCUT2D eigenvalue weighted by atomic mass is 10.1. The molecule has 24 heavy (non-hydrogen) atoms. The number of rotatable bonds is 5. The predicted molar refractivity (Wildman–Crippen MR) is 88.7 cm³/mol. The average molecular weight is 327 g/mol. The molecule has 0 aromatic heterocycles. The van der Waals surface area contributed by atoms with Gasteiger partial charge in [-0.25, -0.2) is 4.39 Å². The maximum atomic E-state index is 13.0. The molecule has 2 aromatic carbocycles. The van der Waals surface area contributed by atoms with E-state index in [1.54, 1.807) is 19.1 Å². The van der Waals surface area contributed by atoms with Crippen LogP contribution < -0.4 is 10.1 Å². The monoisotopic (exact) mass is 327 g/mol. The van der Waals surface area contributed by atoms with Crippen LogP contribution in [0.1, 0.15) is 48.0 Å². The van der Waals surface area contributed by atoms with Crippen LogP contribution in [0.25, 0.3) is 0 Å². The van der Waals surface area contributed by atoms with Crippen LogP contribution in [0.2, 0.25) is 0 Å². The zero-order valence-corrected chi connectivity index (χ0v) is 13.3. The molecule has 0 atom stereocenters. The largest absolute Gasteiger partial charge is 0.426 e. The predicted octanol–water partition coefficient (Wildman–Crippen LogP) is 4.27. The Morgan fingerprint density at radius 2 is 1.88 bits per heavy atom. The zero-order chi connectivity index (χ0) is 17.1. The van der Waals surface area contributed by atoms with Gasteiger partial charge in [0.05, 0.1) is 5.56 Å². The van der Waals surface area contributed by atoms with Crippen molar-refractivity contribution in [1.29, 1.82) is 0 Å². The Labute approximate surface area is 139 Å². The summed E-state index contributed by atoms with van der Waals surface area (Å²) < 4.78 is 18.2. The minimum Gasteiger partial charge on any atom is -0.426 e. The molecule has 1 N–H and O–H groups in total. The number of benzene rings is 2. The fourth-order valence-corrected chi connectivity index (χ4v) is 2.41. The van der Waals surface area contributed by atoms with Crippen molar-refractivity contribution < 1.29 is 18.7 Å². The molecule has 1 fully saturated rings. The van der Waals surface area contributed by atoms with Crippen LogP contribution >= 0.6 is 0 Å². The van der Waals surface area contributed by atoms with E-state index in [1.807, 2.05) is 6.07 Å². The van der Waals surface area contributed by atoms with Crippen molar-refractivity contribution in [2.24, 2.45) is 0 Å². The van der Waals surface area contributed by atoms with Gasteiger partial charge >= 0.3 is 5.97 Å². The molecule has 0 heterocycles. The first-order valence-corrected chi connectivity index (χ1v) is 7.98. The zero-order valence-electron chi connectivity index (χ0n) is 13.3. The summed E-state index contributed by atoms with van der Waals surface area (Å²) >= 11 is 0. The second-order valence-electron chi connectivity index (χ2n) is 5.82. The van der Waals surface area contributed by atoms with Gasteiger partial charge < -0.3 is 10.1 Å². The number of esters is 1. The van der Waals surface area contributed by atoms with Gasteiger partial charge in [-0.15, -0.1) is 0 Å². The number of carbonyl (C=O) groups excluding carboxylic acids is 2. The topological polar surface area (TPSA) is 55.4 Å². The highest BCUT2D eigenvalue weighted by molar-refractivity contribution is 6.06. The molecule has 3 rings (SSSR count). The van der Waals surface area contributed by atoms with Crippen molar-refractivity contribution >= 4 is 17.6 Å². The lowest BCUT2D eigenvalue weighted by Gasteiger charge is -2.12. The van der Waals surface area contributed by atoms with Gasteiger partial charge in [0.2, 0.25) is 0 Å². The van der Waals surface area contributed by atoms with E-state index in [0.29, 0.717) is 17.2 Å². The Kier molecular flexibility index (Phi) is 4.60. The molecular weight excluding hydrogens is 309 g/mol. The van der Waals surface area contributed by atoms with Gasteiger partial charge in [-0.2, -0.15) is 0 Å². The summed E-state index contributed by atoms with van der Waals surface area (Å²) in [6.45, 7) is 1.69. The third-order valence-electron chi connectivity index (χ3n) is 3.91. The summed E-state index contributed by atoms with van der Waals surface area (Å²) in [7, 11) is 0. The number of nitrogens with one attached hydrogen (secondary N) is 1. The van der Waals surface area contributed by atoms with E-state index in [9.17, 15) is 14.0 Å². The van der Waals surface area contributed by atoms with Crippen molar-refractivity contribution in [3.63, 3.8) is 0 Å². The van der Waals surface area contributed by atoms with Gasteiger partial charge in [-0.3, -0.25) is 9.59 Å². The van der Waals surface area contributed by atoms with Crippen LogP contribution in [-0.2, 0) is 4.79 Å². The molecule has 1 amide bonds. The van der Waals surface area contributed by atoms with E-state index in [1.165, 1.54) is 24.3 Å². The van der Waals surface area contributed by atoms with Crippen LogP contribution in [-0.4, -0.2) is 11.9 Å². The van der Waals surface area contributed by atoms with Gasteiger partial charge in [0.25, 0.3) is 5.91 Å². The van der Waals surface area contributed by atoms with E-state index in [4.69, 9.17) is 4.74 Å². The number of carbonyl (C=O) groups is 2. The molecule has 0 unspecified atom stereocenters. The highest BCUT2D eigenvalue weighted by Gasteiger charge is 2.26. The Balaban J connectivity index is 1.87. The van der Waals surface area contributed by atoms with E-state index in [0.717, 1.165) is 18.4 Å². The number of anilines is 1. The highest BCUT2D eigenvalue weighted by atomic mass is 19.1. The molecule has 0 saturated heterocycles. The molecule has 1 saturated carbocycles. The maximum absolute atomic E-state index is 13.0. The minimum absolute atomic E-state index is 0.226. The number of halogens is 1. The summed E-state index contributed by atoms with van der Waals surface area (Å²) in [5.41, 5.74) is 1.85. The second kappa shape index (κ2) is 6.83. The first kappa shape index (κ1) is 16.2. The molecule has 124 valence electrons. The van der Waals surface area contributed by atoms with Gasteiger partial charge in [-0.1, -0.05) is 13.0 Å². The van der Waals surface area contributed by atoms with E-state index >= 15 is 0 Å². The molecule has 1 aliphatic carbocycles. The van der Waals surface area contributed by atoms with Crippen LogP contribution in [0.4, 0.5) is 10.1 Å². The smallest absolute Gasteiger partial charge is 0.310 e. The molecule has 0 aliphatic heterocycles. The third-order valence-corrected chi connectivity index (χ3v) is 3.91. The lowest BCUT2D eigenvalue weighted by molar-refractivity contribution is -0.134. The molecule has 5 heteroatoms.